The average molecular weight is 239 g/mol. The number of nitrogens with one attached hydrogen (secondary N) is 1. The predicted molar refractivity (Wildman–Crippen MR) is 64.5 cm³/mol. The third-order valence-corrected chi connectivity index (χ3v) is 2.75. The summed E-state index contributed by atoms with van der Waals surface area (Å²) in [5.74, 6) is -0.779. The minimum Gasteiger partial charge on any atom is -0.375 e. The van der Waals surface area contributed by atoms with Gasteiger partial charge in [0, 0.05) is 0 Å². The molecule has 1 aromatic carbocycles. The number of hydrogen-bond donors (Lipinski definition) is 1. The lowest BCUT2D eigenvalue weighted by molar-refractivity contribution is -0.247. The van der Waals surface area contributed by atoms with Gasteiger partial charge in [-0.3, -0.25) is 0 Å². The molecule has 3 nitrogen and oxygen atoms in total. The van der Waals surface area contributed by atoms with E-state index in [0.29, 0.717) is 18.9 Å². The van der Waals surface area contributed by atoms with Gasteiger partial charge in [-0.1, -0.05) is 6.07 Å². The molecule has 0 aliphatic carbocycles. The fourth-order valence-electron chi connectivity index (χ4n) is 1.73. The van der Waals surface area contributed by atoms with Crippen molar-refractivity contribution in [3.63, 3.8) is 0 Å². The van der Waals surface area contributed by atoms with Gasteiger partial charge in [-0.05, 0) is 38.5 Å². The minimum absolute atomic E-state index is 0.0137. The van der Waals surface area contributed by atoms with E-state index < -0.39 is 5.79 Å². The quantitative estimate of drug-likeness (QED) is 0.860. The van der Waals surface area contributed by atoms with E-state index in [2.05, 4.69) is 5.32 Å². The van der Waals surface area contributed by atoms with Gasteiger partial charge in [0.15, 0.2) is 5.79 Å². The van der Waals surface area contributed by atoms with Crippen molar-refractivity contribution < 1.29 is 13.9 Å². The van der Waals surface area contributed by atoms with Crippen molar-refractivity contribution in [1.29, 1.82) is 0 Å². The Kier molecular flexibility index (Phi) is 3.35. The molecule has 1 fully saturated rings. The highest BCUT2D eigenvalue weighted by atomic mass is 19.1. The second-order valence-corrected chi connectivity index (χ2v) is 4.85. The Labute approximate surface area is 101 Å². The zero-order valence-electron chi connectivity index (χ0n) is 10.4. The maximum Gasteiger partial charge on any atom is 0.162 e. The van der Waals surface area contributed by atoms with Gasteiger partial charge in [-0.25, -0.2) is 4.39 Å². The highest BCUT2D eigenvalue weighted by Gasteiger charge is 2.28. The SMILES string of the molecule is Cc1ccc(NC2COC(C)(C)OC2)c(F)c1. The second kappa shape index (κ2) is 4.63. The van der Waals surface area contributed by atoms with E-state index in [9.17, 15) is 4.39 Å². The van der Waals surface area contributed by atoms with Crippen LogP contribution in [0.2, 0.25) is 0 Å². The molecule has 0 bridgehead atoms. The van der Waals surface area contributed by atoms with Crippen LogP contribution in [0.4, 0.5) is 10.1 Å². The molecule has 1 aliphatic heterocycles. The van der Waals surface area contributed by atoms with E-state index >= 15 is 0 Å². The highest BCUT2D eigenvalue weighted by Crippen LogP contribution is 2.21. The van der Waals surface area contributed by atoms with Crippen LogP contribution >= 0.6 is 0 Å². The van der Waals surface area contributed by atoms with Crippen molar-refractivity contribution in [2.45, 2.75) is 32.6 Å². The zero-order chi connectivity index (χ0) is 12.5. The lowest BCUT2D eigenvalue weighted by atomic mass is 10.2. The molecule has 1 N–H and O–H groups in total. The summed E-state index contributed by atoms with van der Waals surface area (Å²) in [7, 11) is 0. The molecule has 1 aromatic rings. The van der Waals surface area contributed by atoms with Crippen molar-refractivity contribution in [2.75, 3.05) is 18.5 Å². The van der Waals surface area contributed by atoms with Gasteiger partial charge in [0.25, 0.3) is 0 Å². The molecule has 0 radical (unpaired) electrons. The van der Waals surface area contributed by atoms with Gasteiger partial charge in [0.2, 0.25) is 0 Å². The van der Waals surface area contributed by atoms with Crippen LogP contribution in [0.25, 0.3) is 0 Å². The summed E-state index contributed by atoms with van der Waals surface area (Å²) in [6, 6.07) is 5.11. The standard InChI is InChI=1S/C13H18FNO2/c1-9-4-5-12(11(14)6-9)15-10-7-16-13(2,3)17-8-10/h4-6,10,15H,7-8H2,1-3H3. The summed E-state index contributed by atoms with van der Waals surface area (Å²) in [5, 5.41) is 3.09. The maximum absolute atomic E-state index is 13.6. The van der Waals surface area contributed by atoms with Crippen LogP contribution in [0, 0.1) is 12.7 Å². The number of hydrogen-bond acceptors (Lipinski definition) is 3. The third-order valence-electron chi connectivity index (χ3n) is 2.75. The van der Waals surface area contributed by atoms with Crippen LogP contribution in [0.1, 0.15) is 19.4 Å². The first-order valence-corrected chi connectivity index (χ1v) is 5.77. The fourth-order valence-corrected chi connectivity index (χ4v) is 1.73. The van der Waals surface area contributed by atoms with Crippen LogP contribution in [0.3, 0.4) is 0 Å². The number of ether oxygens (including phenoxy) is 2. The molecule has 0 amide bonds. The Hall–Kier alpha value is -1.13. The first-order valence-electron chi connectivity index (χ1n) is 5.77. The van der Waals surface area contributed by atoms with Crippen molar-refractivity contribution in [2.24, 2.45) is 0 Å². The Morgan fingerprint density at radius 3 is 2.53 bits per heavy atom. The monoisotopic (exact) mass is 239 g/mol. The molecule has 0 spiro atoms. The first-order chi connectivity index (χ1) is 7.96. The fraction of sp³-hybridized carbons (Fsp3) is 0.538. The number of anilines is 1. The predicted octanol–water partition coefficient (Wildman–Crippen LogP) is 2.70. The minimum atomic E-state index is -0.538. The highest BCUT2D eigenvalue weighted by molar-refractivity contribution is 5.47. The Morgan fingerprint density at radius 2 is 1.94 bits per heavy atom. The Morgan fingerprint density at radius 1 is 1.29 bits per heavy atom. The van der Waals surface area contributed by atoms with Crippen molar-refractivity contribution >= 4 is 5.69 Å². The van der Waals surface area contributed by atoms with Crippen molar-refractivity contribution in [3.05, 3.63) is 29.6 Å². The molecule has 17 heavy (non-hydrogen) atoms. The summed E-state index contributed by atoms with van der Waals surface area (Å²) >= 11 is 0. The van der Waals surface area contributed by atoms with Crippen LogP contribution in [0.15, 0.2) is 18.2 Å². The summed E-state index contributed by atoms with van der Waals surface area (Å²) in [5.41, 5.74) is 1.40. The van der Waals surface area contributed by atoms with Gasteiger partial charge in [-0.15, -0.1) is 0 Å². The van der Waals surface area contributed by atoms with Crippen LogP contribution in [0.5, 0.6) is 0 Å². The molecule has 4 heteroatoms. The summed E-state index contributed by atoms with van der Waals surface area (Å²) in [6.45, 7) is 6.63. The lowest BCUT2D eigenvalue weighted by Gasteiger charge is -2.35. The van der Waals surface area contributed by atoms with Crippen LogP contribution < -0.4 is 5.32 Å². The average Bonchev–Trinajstić information content (AvgIpc) is 2.25. The van der Waals surface area contributed by atoms with E-state index in [1.165, 1.54) is 6.07 Å². The van der Waals surface area contributed by atoms with Crippen molar-refractivity contribution in [1.82, 2.24) is 0 Å². The molecular weight excluding hydrogens is 221 g/mol. The van der Waals surface area contributed by atoms with Gasteiger partial charge < -0.3 is 14.8 Å². The number of halogens is 1. The molecule has 0 unspecified atom stereocenters. The van der Waals surface area contributed by atoms with E-state index in [4.69, 9.17) is 9.47 Å². The first kappa shape index (κ1) is 12.3. The smallest absolute Gasteiger partial charge is 0.162 e. The maximum atomic E-state index is 13.6. The Balaban J connectivity index is 1.98. The molecule has 0 saturated carbocycles. The topological polar surface area (TPSA) is 30.5 Å². The second-order valence-electron chi connectivity index (χ2n) is 4.85. The Bertz CT molecular complexity index is 396. The summed E-state index contributed by atoms with van der Waals surface area (Å²) < 4.78 is 24.6. The van der Waals surface area contributed by atoms with Gasteiger partial charge in [-0.2, -0.15) is 0 Å². The van der Waals surface area contributed by atoms with Gasteiger partial charge in [0.05, 0.1) is 24.9 Å². The summed E-state index contributed by atoms with van der Waals surface area (Å²) in [4.78, 5) is 0. The summed E-state index contributed by atoms with van der Waals surface area (Å²) in [6.07, 6.45) is 0. The molecule has 1 saturated heterocycles. The molecule has 0 aromatic heterocycles. The number of rotatable bonds is 2. The van der Waals surface area contributed by atoms with Gasteiger partial charge in [0.1, 0.15) is 5.82 Å². The third kappa shape index (κ3) is 3.17. The van der Waals surface area contributed by atoms with E-state index in [1.54, 1.807) is 6.07 Å². The molecule has 94 valence electrons. The van der Waals surface area contributed by atoms with E-state index in [-0.39, 0.29) is 11.9 Å². The number of benzene rings is 1. The van der Waals surface area contributed by atoms with E-state index in [0.717, 1.165) is 5.56 Å². The largest absolute Gasteiger partial charge is 0.375 e. The lowest BCUT2D eigenvalue weighted by Crippen LogP contribution is -2.45. The van der Waals surface area contributed by atoms with Crippen molar-refractivity contribution in [3.8, 4) is 0 Å². The van der Waals surface area contributed by atoms with Gasteiger partial charge >= 0.3 is 0 Å². The number of aryl methyl sites for hydroxylation is 1. The van der Waals surface area contributed by atoms with Crippen LogP contribution in [-0.2, 0) is 9.47 Å². The molecule has 0 atom stereocenters. The van der Waals surface area contributed by atoms with E-state index in [1.807, 2.05) is 26.8 Å². The molecule has 1 aliphatic rings. The molecular formula is C13H18FNO2. The van der Waals surface area contributed by atoms with Crippen LogP contribution in [-0.4, -0.2) is 25.0 Å². The normalized spacial score (nSPS) is 20.2. The molecule has 2 rings (SSSR count). The molecule has 1 heterocycles. The zero-order valence-corrected chi connectivity index (χ0v) is 10.4.